The van der Waals surface area contributed by atoms with E-state index in [1.54, 1.807) is 54.6 Å². The average molecular weight is 567 g/mol. The fraction of sp³-hybridized carbons (Fsp3) is 0.171. The number of allylic oxidation sites excluding steroid dienone is 2. The van der Waals surface area contributed by atoms with Crippen LogP contribution in [0, 0.1) is 0 Å². The van der Waals surface area contributed by atoms with Gasteiger partial charge in [-0.1, -0.05) is 61.0 Å². The van der Waals surface area contributed by atoms with E-state index in [9.17, 15) is 30.3 Å². The van der Waals surface area contributed by atoms with Gasteiger partial charge in [0.05, 0.1) is 7.11 Å². The highest BCUT2D eigenvalue weighted by Gasteiger charge is 2.26. The predicted molar refractivity (Wildman–Crippen MR) is 163 cm³/mol. The van der Waals surface area contributed by atoms with Gasteiger partial charge < -0.3 is 30.3 Å². The number of aryl methyl sites for hydroxylation is 1. The third-order valence-electron chi connectivity index (χ3n) is 7.02. The van der Waals surface area contributed by atoms with E-state index in [2.05, 4.69) is 0 Å². The Morgan fingerprint density at radius 3 is 1.88 bits per heavy atom. The molecule has 0 bridgehead atoms. The maximum atomic E-state index is 13.3. The molecule has 4 aromatic carbocycles. The van der Waals surface area contributed by atoms with Crippen LogP contribution in [0.15, 0.2) is 91.0 Å². The van der Waals surface area contributed by atoms with Crippen LogP contribution in [0.25, 0.3) is 12.2 Å². The Balaban J connectivity index is 1.64. The molecule has 7 heteroatoms. The van der Waals surface area contributed by atoms with Crippen molar-refractivity contribution in [3.8, 4) is 34.5 Å². The second kappa shape index (κ2) is 13.9. The minimum absolute atomic E-state index is 0.0442. The van der Waals surface area contributed by atoms with Crippen molar-refractivity contribution in [2.45, 2.75) is 31.6 Å². The highest BCUT2D eigenvalue weighted by Crippen LogP contribution is 2.44. The molecular formula is C35H34O7. The molecule has 0 heterocycles. The van der Waals surface area contributed by atoms with Gasteiger partial charge in [-0.3, -0.25) is 4.79 Å². The van der Waals surface area contributed by atoms with Gasteiger partial charge >= 0.3 is 0 Å². The van der Waals surface area contributed by atoms with Gasteiger partial charge in [-0.15, -0.1) is 0 Å². The standard InChI is InChI=1S/C35H34O7/c1-42-32-22-31(40)33(35(41)34(32)30(39)21-13-25-11-19-29(38)20-12-25)26(14-6-24-9-17-28(37)18-10-24)5-3-2-4-23-7-15-27(36)16-8-23/h6-22,26,36-38,40-41H,2-5H2,1H3. The fourth-order valence-corrected chi connectivity index (χ4v) is 4.76. The normalized spacial score (nSPS) is 12.1. The molecule has 42 heavy (non-hydrogen) atoms. The van der Waals surface area contributed by atoms with E-state index in [1.807, 2.05) is 24.3 Å². The quantitative estimate of drug-likeness (QED) is 0.0690. The smallest absolute Gasteiger partial charge is 0.193 e. The summed E-state index contributed by atoms with van der Waals surface area (Å²) < 4.78 is 5.36. The summed E-state index contributed by atoms with van der Waals surface area (Å²) in [5.41, 5.74) is 2.75. The number of hydrogen-bond acceptors (Lipinski definition) is 7. The first kappa shape index (κ1) is 29.8. The van der Waals surface area contributed by atoms with E-state index >= 15 is 0 Å². The Labute approximate surface area is 244 Å². The van der Waals surface area contributed by atoms with E-state index in [1.165, 1.54) is 31.4 Å². The lowest BCUT2D eigenvalue weighted by Gasteiger charge is -2.20. The number of methoxy groups -OCH3 is 1. The number of phenolic OH excluding ortho intramolecular Hbond substituents is 5. The number of ether oxygens (including phenoxy) is 1. The number of unbranched alkanes of at least 4 members (excludes halogenated alkanes) is 1. The summed E-state index contributed by atoms with van der Waals surface area (Å²) in [6.45, 7) is 0. The Kier molecular flexibility index (Phi) is 9.90. The summed E-state index contributed by atoms with van der Waals surface area (Å²) in [7, 11) is 1.36. The van der Waals surface area contributed by atoms with E-state index in [0.29, 0.717) is 12.0 Å². The number of carbonyl (C=O) groups excluding carboxylic acids is 1. The van der Waals surface area contributed by atoms with Crippen molar-refractivity contribution in [2.24, 2.45) is 0 Å². The van der Waals surface area contributed by atoms with Gasteiger partial charge in [-0.2, -0.15) is 0 Å². The summed E-state index contributed by atoms with van der Waals surface area (Å²) in [6.07, 6.45) is 9.53. The molecule has 4 aromatic rings. The molecule has 0 fully saturated rings. The zero-order valence-corrected chi connectivity index (χ0v) is 23.3. The molecule has 1 unspecified atom stereocenters. The van der Waals surface area contributed by atoms with Gasteiger partial charge in [-0.05, 0) is 78.4 Å². The Morgan fingerprint density at radius 2 is 1.31 bits per heavy atom. The van der Waals surface area contributed by atoms with Crippen LogP contribution in [0.1, 0.15) is 57.8 Å². The largest absolute Gasteiger partial charge is 0.508 e. The molecule has 4 rings (SSSR count). The number of rotatable bonds is 12. The van der Waals surface area contributed by atoms with Crippen molar-refractivity contribution in [3.05, 3.63) is 119 Å². The maximum absolute atomic E-state index is 13.3. The summed E-state index contributed by atoms with van der Waals surface area (Å²) in [5, 5.41) is 51.1. The lowest BCUT2D eigenvalue weighted by molar-refractivity contribution is 0.104. The Morgan fingerprint density at radius 1 is 0.762 bits per heavy atom. The average Bonchev–Trinajstić information content (AvgIpc) is 2.98. The van der Waals surface area contributed by atoms with Crippen LogP contribution in [0.4, 0.5) is 0 Å². The minimum atomic E-state index is -0.507. The van der Waals surface area contributed by atoms with Gasteiger partial charge in [0, 0.05) is 17.5 Å². The molecule has 0 aliphatic carbocycles. The molecule has 0 aliphatic rings. The molecule has 5 N–H and O–H groups in total. The number of carbonyl (C=O) groups is 1. The second-order valence-corrected chi connectivity index (χ2v) is 9.99. The summed E-state index contributed by atoms with van der Waals surface area (Å²) in [4.78, 5) is 13.3. The minimum Gasteiger partial charge on any atom is -0.508 e. The predicted octanol–water partition coefficient (Wildman–Crippen LogP) is 7.33. The number of phenols is 5. The van der Waals surface area contributed by atoms with Crippen LogP contribution < -0.4 is 4.74 Å². The van der Waals surface area contributed by atoms with Crippen LogP contribution in [-0.2, 0) is 6.42 Å². The van der Waals surface area contributed by atoms with Gasteiger partial charge in [0.2, 0.25) is 0 Å². The van der Waals surface area contributed by atoms with Crippen molar-refractivity contribution in [1.82, 2.24) is 0 Å². The third kappa shape index (κ3) is 7.73. The first-order valence-corrected chi connectivity index (χ1v) is 13.6. The van der Waals surface area contributed by atoms with Gasteiger partial charge in [0.15, 0.2) is 5.78 Å². The maximum Gasteiger partial charge on any atom is 0.193 e. The molecule has 0 saturated carbocycles. The molecule has 0 aliphatic heterocycles. The number of ketones is 1. The highest BCUT2D eigenvalue weighted by molar-refractivity contribution is 6.11. The molecule has 0 saturated heterocycles. The zero-order chi connectivity index (χ0) is 30.1. The topological polar surface area (TPSA) is 127 Å². The van der Waals surface area contributed by atoms with E-state index in [-0.39, 0.29) is 45.6 Å². The lowest BCUT2D eigenvalue weighted by atomic mass is 9.88. The van der Waals surface area contributed by atoms with Crippen molar-refractivity contribution in [2.75, 3.05) is 7.11 Å². The summed E-state index contributed by atoms with van der Waals surface area (Å²) in [5.74, 6) is -0.991. The van der Waals surface area contributed by atoms with Crippen molar-refractivity contribution < 1.29 is 35.1 Å². The Hall–Kier alpha value is -5.17. The van der Waals surface area contributed by atoms with Gasteiger partial charge in [0.25, 0.3) is 0 Å². The molecule has 1 atom stereocenters. The number of aromatic hydroxyl groups is 5. The molecule has 0 amide bonds. The van der Waals surface area contributed by atoms with Crippen LogP contribution >= 0.6 is 0 Å². The first-order valence-electron chi connectivity index (χ1n) is 13.6. The third-order valence-corrected chi connectivity index (χ3v) is 7.02. The molecular weight excluding hydrogens is 532 g/mol. The summed E-state index contributed by atoms with van der Waals surface area (Å²) in [6, 6.07) is 21.4. The number of hydrogen-bond donors (Lipinski definition) is 5. The monoisotopic (exact) mass is 566 g/mol. The van der Waals surface area contributed by atoms with Crippen LogP contribution in [0.5, 0.6) is 34.5 Å². The first-order chi connectivity index (χ1) is 20.2. The SMILES string of the molecule is COc1cc(O)c(C(C=Cc2ccc(O)cc2)CCCCc2ccc(O)cc2)c(O)c1C(=O)C=Cc1ccc(O)cc1. The van der Waals surface area contributed by atoms with Gasteiger partial charge in [-0.25, -0.2) is 0 Å². The van der Waals surface area contributed by atoms with E-state index < -0.39 is 11.7 Å². The van der Waals surface area contributed by atoms with E-state index in [4.69, 9.17) is 4.74 Å². The second-order valence-electron chi connectivity index (χ2n) is 9.99. The van der Waals surface area contributed by atoms with Crippen molar-refractivity contribution >= 4 is 17.9 Å². The van der Waals surface area contributed by atoms with Crippen LogP contribution in [0.2, 0.25) is 0 Å². The van der Waals surface area contributed by atoms with Crippen molar-refractivity contribution in [3.63, 3.8) is 0 Å². The molecule has 216 valence electrons. The lowest BCUT2D eigenvalue weighted by Crippen LogP contribution is -2.05. The van der Waals surface area contributed by atoms with Crippen LogP contribution in [0.3, 0.4) is 0 Å². The molecule has 0 radical (unpaired) electrons. The van der Waals surface area contributed by atoms with Gasteiger partial charge in [0.1, 0.15) is 40.1 Å². The Bertz CT molecular complexity index is 1550. The van der Waals surface area contributed by atoms with E-state index in [0.717, 1.165) is 30.4 Å². The molecule has 0 aromatic heterocycles. The van der Waals surface area contributed by atoms with Crippen molar-refractivity contribution in [1.29, 1.82) is 0 Å². The fourth-order valence-electron chi connectivity index (χ4n) is 4.76. The van der Waals surface area contributed by atoms with Crippen LogP contribution in [-0.4, -0.2) is 38.4 Å². The zero-order valence-electron chi connectivity index (χ0n) is 23.3. The summed E-state index contributed by atoms with van der Waals surface area (Å²) >= 11 is 0. The number of benzene rings is 4. The molecule has 7 nitrogen and oxygen atoms in total. The highest BCUT2D eigenvalue weighted by atomic mass is 16.5. The molecule has 0 spiro atoms.